The van der Waals surface area contributed by atoms with Gasteiger partial charge in [-0.15, -0.1) is 0 Å². The molecule has 1 saturated heterocycles. The molecule has 0 aliphatic carbocycles. The smallest absolute Gasteiger partial charge is 0.286 e. The maximum atomic E-state index is 4.94. The fraction of sp³-hybridized carbons (Fsp3) is 1.00. The maximum Gasteiger partial charge on any atom is 0.286 e. The van der Waals surface area contributed by atoms with Gasteiger partial charge in [-0.3, -0.25) is 0 Å². The minimum atomic E-state index is -0.493. The van der Waals surface area contributed by atoms with Gasteiger partial charge in [-0.2, -0.15) is 0 Å². The first-order valence-electron chi connectivity index (χ1n) is 3.96. The van der Waals surface area contributed by atoms with Crippen LogP contribution in [0.15, 0.2) is 0 Å². The quantitative estimate of drug-likeness (QED) is 0.522. The van der Waals surface area contributed by atoms with Crippen LogP contribution in [-0.2, 0) is 12.3 Å². The van der Waals surface area contributed by atoms with Crippen LogP contribution < -0.4 is 0 Å². The van der Waals surface area contributed by atoms with E-state index in [1.54, 1.807) is 0 Å². The van der Waals surface area contributed by atoms with Crippen molar-refractivity contribution in [3.63, 3.8) is 0 Å². The van der Waals surface area contributed by atoms with Gasteiger partial charge in [0.2, 0.25) is 0 Å². The molecular weight excluding hydrogens is 191 g/mol. The van der Waals surface area contributed by atoms with Gasteiger partial charge >= 0.3 is 0 Å². The predicted molar refractivity (Wildman–Crippen MR) is 55.6 cm³/mol. The molecule has 1 aliphatic rings. The fourth-order valence-electron chi connectivity index (χ4n) is 0.568. The third-order valence-electron chi connectivity index (χ3n) is 1.08. The lowest BCUT2D eigenvalue weighted by Gasteiger charge is -2.10. The Labute approximate surface area is 76.6 Å². The molecule has 1 rings (SSSR count). The van der Waals surface area contributed by atoms with Crippen molar-refractivity contribution >= 4 is 37.3 Å². The predicted octanol–water partition coefficient (Wildman–Crippen LogP) is -1.39. The second kappa shape index (κ2) is 10.6. The Morgan fingerprint density at radius 1 is 0.909 bits per heavy atom. The molecule has 0 spiro atoms. The molecule has 0 amide bonds. The van der Waals surface area contributed by atoms with Gasteiger partial charge in [0.25, 0.3) is 30.0 Å². The molecule has 1 heterocycles. The van der Waals surface area contributed by atoms with Crippen LogP contribution in [0.2, 0.25) is 12.6 Å². The Morgan fingerprint density at radius 3 is 1.36 bits per heavy atom. The third-order valence-corrected chi connectivity index (χ3v) is 5.08. The van der Waals surface area contributed by atoms with E-state index in [1.165, 1.54) is 12.6 Å². The molecule has 0 N–H and O–H groups in total. The molecule has 0 aromatic heterocycles. The number of hydrogen-bond acceptors (Lipinski definition) is 3. The summed E-state index contributed by atoms with van der Waals surface area (Å²) in [5.74, 6) is 0. The Morgan fingerprint density at radius 2 is 1.27 bits per heavy atom. The van der Waals surface area contributed by atoms with Gasteiger partial charge in [-0.25, -0.2) is 0 Å². The van der Waals surface area contributed by atoms with Crippen LogP contribution in [0.25, 0.3) is 0 Å². The van der Waals surface area contributed by atoms with Crippen LogP contribution in [0.1, 0.15) is 13.8 Å². The summed E-state index contributed by atoms with van der Waals surface area (Å²) in [4.78, 5) is 0. The molecule has 65 valence electrons. The molecular formula is C4H16BO3Si3. The van der Waals surface area contributed by atoms with Crippen LogP contribution in [0.5, 0.6) is 0 Å². The first-order valence-corrected chi connectivity index (χ1v) is 7.43. The van der Waals surface area contributed by atoms with Gasteiger partial charge in [0.05, 0.1) is 0 Å². The molecule has 0 bridgehead atoms. The van der Waals surface area contributed by atoms with Crippen molar-refractivity contribution in [2.75, 3.05) is 0 Å². The van der Waals surface area contributed by atoms with Crippen molar-refractivity contribution < 1.29 is 12.3 Å². The van der Waals surface area contributed by atoms with Gasteiger partial charge < -0.3 is 12.3 Å². The van der Waals surface area contributed by atoms with Gasteiger partial charge in [-0.05, 0) is 0 Å². The fourth-order valence-corrected chi connectivity index (χ4v) is 5.98. The Balaban J connectivity index is 0.000000187. The van der Waals surface area contributed by atoms with Gasteiger partial charge in [0, 0.05) is 0 Å². The van der Waals surface area contributed by atoms with Crippen molar-refractivity contribution in [2.45, 2.75) is 26.5 Å². The Kier molecular flexibility index (Phi) is 11.2. The average Bonchev–Trinajstić information content (AvgIpc) is 2.10. The summed E-state index contributed by atoms with van der Waals surface area (Å²) in [6.07, 6.45) is 2.44. The summed E-state index contributed by atoms with van der Waals surface area (Å²) in [5, 5.41) is 0. The van der Waals surface area contributed by atoms with E-state index in [2.05, 4.69) is 21.1 Å². The van der Waals surface area contributed by atoms with Crippen LogP contribution >= 0.6 is 0 Å². The molecule has 1 fully saturated rings. The minimum absolute atomic E-state index is 0.493. The summed E-state index contributed by atoms with van der Waals surface area (Å²) < 4.78 is 14.8. The highest BCUT2D eigenvalue weighted by Gasteiger charge is 1.96. The molecule has 0 aromatic carbocycles. The van der Waals surface area contributed by atoms with Crippen molar-refractivity contribution in [2.24, 2.45) is 0 Å². The zero-order valence-corrected chi connectivity index (χ0v) is 11.6. The van der Waals surface area contributed by atoms with Gasteiger partial charge in [0.1, 0.15) is 7.28 Å². The van der Waals surface area contributed by atoms with E-state index in [4.69, 9.17) is 12.3 Å². The zero-order valence-electron chi connectivity index (χ0n) is 7.34. The molecule has 0 aromatic rings. The summed E-state index contributed by atoms with van der Waals surface area (Å²) in [6, 6.07) is 0. The number of hydrogen-bond donors (Lipinski definition) is 0. The molecule has 7 heteroatoms. The average molecular weight is 207 g/mol. The molecule has 1 radical (unpaired) electrons. The van der Waals surface area contributed by atoms with Crippen molar-refractivity contribution in [3.8, 4) is 0 Å². The zero-order chi connectivity index (χ0) is 8.36. The molecule has 1 aliphatic heterocycles. The monoisotopic (exact) mass is 207 g/mol. The van der Waals surface area contributed by atoms with Crippen molar-refractivity contribution in [1.82, 2.24) is 0 Å². The lowest BCUT2D eigenvalue weighted by molar-refractivity contribution is 0.347. The van der Waals surface area contributed by atoms with E-state index in [9.17, 15) is 0 Å². The second-order valence-corrected chi connectivity index (χ2v) is 7.68. The van der Waals surface area contributed by atoms with Crippen molar-refractivity contribution in [3.05, 3.63) is 0 Å². The summed E-state index contributed by atoms with van der Waals surface area (Å²) in [6.45, 7) is 4.31. The van der Waals surface area contributed by atoms with E-state index in [-0.39, 0.29) is 0 Å². The molecule has 0 unspecified atom stereocenters. The van der Waals surface area contributed by atoms with E-state index in [0.29, 0.717) is 0 Å². The van der Waals surface area contributed by atoms with E-state index in [1.807, 2.05) is 0 Å². The number of rotatable bonds is 2. The molecule has 0 atom stereocenters. The first kappa shape index (κ1) is 11.6. The SMILES string of the molecule is CC[B]CC.O1[SiH2]O[SiH2]O[SiH2]1. The van der Waals surface area contributed by atoms with E-state index >= 15 is 0 Å². The van der Waals surface area contributed by atoms with Gasteiger partial charge in [-0.1, -0.05) is 26.5 Å². The van der Waals surface area contributed by atoms with Crippen LogP contribution in [0.4, 0.5) is 0 Å². The summed E-state index contributed by atoms with van der Waals surface area (Å²) in [7, 11) is 0.771. The highest BCUT2D eigenvalue weighted by atomic mass is 28.4. The molecule has 0 saturated carbocycles. The highest BCUT2D eigenvalue weighted by molar-refractivity contribution is 6.50. The summed E-state index contributed by atoms with van der Waals surface area (Å²) >= 11 is 0. The topological polar surface area (TPSA) is 27.7 Å². The summed E-state index contributed by atoms with van der Waals surface area (Å²) in [5.41, 5.74) is 0. The van der Waals surface area contributed by atoms with Crippen molar-refractivity contribution in [1.29, 1.82) is 0 Å². The lowest BCUT2D eigenvalue weighted by atomic mass is 9.73. The molecule has 11 heavy (non-hydrogen) atoms. The third kappa shape index (κ3) is 10.6. The highest BCUT2D eigenvalue weighted by Crippen LogP contribution is 1.79. The Bertz CT molecular complexity index is 60.1. The standard InChI is InChI=1S/C4H10B.H6O3Si3/c1-3-5-4-2;1-4-2-6-3-5-1/h3-4H2,1-2H3;4-6H2. The minimum Gasteiger partial charge on any atom is -0.425 e. The largest absolute Gasteiger partial charge is 0.425 e. The van der Waals surface area contributed by atoms with Crippen LogP contribution in [0.3, 0.4) is 0 Å². The van der Waals surface area contributed by atoms with Crippen LogP contribution in [-0.4, -0.2) is 37.3 Å². The van der Waals surface area contributed by atoms with E-state index in [0.717, 1.165) is 0 Å². The van der Waals surface area contributed by atoms with E-state index < -0.39 is 30.0 Å². The van der Waals surface area contributed by atoms with Crippen LogP contribution in [0, 0.1) is 0 Å². The normalized spacial score (nSPS) is 23.1. The molecule has 3 nitrogen and oxygen atoms in total. The van der Waals surface area contributed by atoms with Gasteiger partial charge in [0.15, 0.2) is 0 Å². The lowest BCUT2D eigenvalue weighted by Crippen LogP contribution is -2.23. The maximum absolute atomic E-state index is 4.94. The first-order chi connectivity index (χ1) is 5.41. The second-order valence-electron chi connectivity index (χ2n) is 2.07. The Hall–Kier alpha value is 0.596.